The van der Waals surface area contributed by atoms with Gasteiger partial charge < -0.3 is 19.9 Å². The monoisotopic (exact) mass is 506 g/mol. The van der Waals surface area contributed by atoms with Gasteiger partial charge in [0.1, 0.15) is 6.54 Å². The SMILES string of the molecule is COc1ccc(NC(=O)CN2C[C@]3(CC[C@@](c4ccccc4)(N(C)C)CC3)N(CC3CCC3)C2=O)nn1. The molecule has 37 heavy (non-hydrogen) atoms. The molecule has 0 radical (unpaired) electrons. The summed E-state index contributed by atoms with van der Waals surface area (Å²) in [5.41, 5.74) is 1.05. The van der Waals surface area contributed by atoms with Gasteiger partial charge in [0.15, 0.2) is 5.82 Å². The molecule has 3 amide bonds. The first-order valence-corrected chi connectivity index (χ1v) is 13.3. The Labute approximate surface area is 219 Å². The number of carbonyl (C=O) groups is 2. The highest BCUT2D eigenvalue weighted by Gasteiger charge is 2.55. The van der Waals surface area contributed by atoms with Gasteiger partial charge in [0.05, 0.1) is 12.6 Å². The zero-order chi connectivity index (χ0) is 26.0. The molecule has 1 spiro atoms. The molecule has 0 bridgehead atoms. The summed E-state index contributed by atoms with van der Waals surface area (Å²) in [5, 5.41) is 10.6. The topological polar surface area (TPSA) is 90.9 Å². The van der Waals surface area contributed by atoms with Crippen molar-refractivity contribution >= 4 is 17.8 Å². The molecule has 1 saturated heterocycles. The number of urea groups is 1. The lowest BCUT2D eigenvalue weighted by atomic mass is 9.68. The van der Waals surface area contributed by atoms with Crippen molar-refractivity contribution in [3.63, 3.8) is 0 Å². The maximum Gasteiger partial charge on any atom is 0.321 e. The van der Waals surface area contributed by atoms with E-state index in [4.69, 9.17) is 4.74 Å². The van der Waals surface area contributed by atoms with Crippen molar-refractivity contribution in [1.82, 2.24) is 24.9 Å². The molecule has 9 heteroatoms. The second-order valence-corrected chi connectivity index (χ2v) is 11.1. The Hall–Kier alpha value is -3.20. The highest BCUT2D eigenvalue weighted by molar-refractivity contribution is 5.94. The van der Waals surface area contributed by atoms with Crippen LogP contribution in [-0.4, -0.2) is 83.2 Å². The van der Waals surface area contributed by atoms with E-state index in [1.165, 1.54) is 31.9 Å². The lowest BCUT2D eigenvalue weighted by molar-refractivity contribution is -0.116. The summed E-state index contributed by atoms with van der Waals surface area (Å²) in [6, 6.07) is 14.0. The first kappa shape index (κ1) is 25.4. The minimum absolute atomic E-state index is 0.00691. The number of ether oxygens (including phenoxy) is 1. The quantitative estimate of drug-likeness (QED) is 0.587. The van der Waals surface area contributed by atoms with E-state index < -0.39 is 0 Å². The van der Waals surface area contributed by atoms with Crippen LogP contribution in [0.15, 0.2) is 42.5 Å². The number of anilines is 1. The van der Waals surface area contributed by atoms with Crippen molar-refractivity contribution in [2.75, 3.05) is 46.2 Å². The molecule has 1 N–H and O–H groups in total. The third-order valence-corrected chi connectivity index (χ3v) is 8.85. The molecule has 1 aromatic carbocycles. The number of aromatic nitrogens is 2. The molecule has 3 fully saturated rings. The van der Waals surface area contributed by atoms with Gasteiger partial charge in [-0.2, -0.15) is 0 Å². The summed E-state index contributed by atoms with van der Waals surface area (Å²) in [7, 11) is 5.84. The highest BCUT2D eigenvalue weighted by Crippen LogP contribution is 2.49. The number of amides is 3. The Morgan fingerprint density at radius 2 is 1.81 bits per heavy atom. The van der Waals surface area contributed by atoms with Crippen molar-refractivity contribution in [3.8, 4) is 5.88 Å². The summed E-state index contributed by atoms with van der Waals surface area (Å²) in [5.74, 6) is 1.02. The van der Waals surface area contributed by atoms with E-state index in [1.54, 1.807) is 17.0 Å². The minimum atomic E-state index is -0.267. The van der Waals surface area contributed by atoms with Crippen molar-refractivity contribution < 1.29 is 14.3 Å². The molecule has 2 aliphatic carbocycles. The molecule has 9 nitrogen and oxygen atoms in total. The molecule has 3 aliphatic rings. The van der Waals surface area contributed by atoms with E-state index in [2.05, 4.69) is 69.7 Å². The Kier molecular flexibility index (Phi) is 7.07. The largest absolute Gasteiger partial charge is 0.480 e. The van der Waals surface area contributed by atoms with Gasteiger partial charge in [0.25, 0.3) is 0 Å². The van der Waals surface area contributed by atoms with Crippen molar-refractivity contribution in [2.45, 2.75) is 56.0 Å². The van der Waals surface area contributed by atoms with Gasteiger partial charge in [0, 0.05) is 24.7 Å². The van der Waals surface area contributed by atoms with Crippen LogP contribution in [0.5, 0.6) is 5.88 Å². The second-order valence-electron chi connectivity index (χ2n) is 11.1. The fraction of sp³-hybridized carbons (Fsp3) is 0.571. The average Bonchev–Trinajstić information content (AvgIpc) is 3.12. The van der Waals surface area contributed by atoms with E-state index in [0.29, 0.717) is 24.2 Å². The van der Waals surface area contributed by atoms with Crippen molar-refractivity contribution in [1.29, 1.82) is 0 Å². The Morgan fingerprint density at radius 1 is 1.08 bits per heavy atom. The molecule has 198 valence electrons. The van der Waals surface area contributed by atoms with Gasteiger partial charge in [0.2, 0.25) is 11.8 Å². The molecule has 0 atom stereocenters. The summed E-state index contributed by atoms with van der Waals surface area (Å²) < 4.78 is 5.03. The number of methoxy groups -OCH3 is 1. The normalized spacial score (nSPS) is 26.0. The Morgan fingerprint density at radius 3 is 2.38 bits per heavy atom. The van der Waals surface area contributed by atoms with Crippen LogP contribution in [0, 0.1) is 5.92 Å². The predicted octanol–water partition coefficient (Wildman–Crippen LogP) is 3.73. The van der Waals surface area contributed by atoms with E-state index in [0.717, 1.165) is 32.2 Å². The van der Waals surface area contributed by atoms with Crippen LogP contribution in [0.3, 0.4) is 0 Å². The number of nitrogens with one attached hydrogen (secondary N) is 1. The van der Waals surface area contributed by atoms with Crippen LogP contribution in [0.1, 0.15) is 50.5 Å². The Bertz CT molecular complexity index is 1090. The lowest BCUT2D eigenvalue weighted by Crippen LogP contribution is -2.56. The maximum absolute atomic E-state index is 13.7. The van der Waals surface area contributed by atoms with Crippen LogP contribution in [0.2, 0.25) is 0 Å². The van der Waals surface area contributed by atoms with Gasteiger partial charge in [-0.25, -0.2) is 4.79 Å². The number of hydrogen-bond donors (Lipinski definition) is 1. The van der Waals surface area contributed by atoms with Crippen molar-refractivity contribution in [2.24, 2.45) is 5.92 Å². The molecule has 5 rings (SSSR count). The molecule has 2 aromatic rings. The van der Waals surface area contributed by atoms with Gasteiger partial charge in [-0.1, -0.05) is 36.8 Å². The van der Waals surface area contributed by atoms with E-state index >= 15 is 0 Å². The lowest BCUT2D eigenvalue weighted by Gasteiger charge is -2.51. The number of hydrogen-bond acceptors (Lipinski definition) is 6. The Balaban J connectivity index is 1.32. The van der Waals surface area contributed by atoms with Crippen LogP contribution in [0.4, 0.5) is 10.6 Å². The van der Waals surface area contributed by atoms with E-state index in [1.807, 2.05) is 0 Å². The third-order valence-electron chi connectivity index (χ3n) is 8.85. The van der Waals surface area contributed by atoms with Gasteiger partial charge in [-0.05, 0) is 70.2 Å². The fourth-order valence-corrected chi connectivity index (χ4v) is 6.36. The first-order chi connectivity index (χ1) is 17.8. The van der Waals surface area contributed by atoms with Gasteiger partial charge in [-0.3, -0.25) is 9.69 Å². The maximum atomic E-state index is 13.7. The summed E-state index contributed by atoms with van der Waals surface area (Å²) in [6.07, 6.45) is 7.39. The first-order valence-electron chi connectivity index (χ1n) is 13.3. The van der Waals surface area contributed by atoms with Crippen LogP contribution in [-0.2, 0) is 10.3 Å². The number of rotatable bonds is 8. The van der Waals surface area contributed by atoms with Gasteiger partial charge >= 0.3 is 6.03 Å². The van der Waals surface area contributed by atoms with Gasteiger partial charge in [-0.15, -0.1) is 10.2 Å². The molecule has 2 saturated carbocycles. The third kappa shape index (κ3) is 4.89. The molecule has 1 aliphatic heterocycles. The standard InChI is InChI=1S/C28H38N6O3/c1-32(2)28(22-10-5-4-6-11-22)16-14-27(15-17-28)20-33(26(36)34(27)18-21-8-7-9-21)19-24(35)29-23-12-13-25(37-3)31-30-23/h4-6,10-13,21H,7-9,14-20H2,1-3H3,(H,29,30,35)/t27-,28-. The highest BCUT2D eigenvalue weighted by atomic mass is 16.5. The number of benzene rings is 1. The number of nitrogens with zero attached hydrogens (tertiary/aromatic N) is 5. The van der Waals surface area contributed by atoms with Crippen LogP contribution < -0.4 is 10.1 Å². The second kappa shape index (κ2) is 10.3. The molecule has 2 heterocycles. The molecular formula is C28H38N6O3. The summed E-state index contributed by atoms with van der Waals surface area (Å²) in [4.78, 5) is 32.8. The molecule has 0 unspecified atom stereocenters. The number of carbonyl (C=O) groups excluding carboxylic acids is 2. The average molecular weight is 507 g/mol. The van der Waals surface area contributed by atoms with E-state index in [9.17, 15) is 9.59 Å². The summed E-state index contributed by atoms with van der Waals surface area (Å²) in [6.45, 7) is 1.38. The molecular weight excluding hydrogens is 468 g/mol. The smallest absolute Gasteiger partial charge is 0.321 e. The predicted molar refractivity (Wildman–Crippen MR) is 141 cm³/mol. The zero-order valence-electron chi connectivity index (χ0n) is 22.2. The summed E-state index contributed by atoms with van der Waals surface area (Å²) >= 11 is 0. The minimum Gasteiger partial charge on any atom is -0.480 e. The van der Waals surface area contributed by atoms with Crippen molar-refractivity contribution in [3.05, 3.63) is 48.0 Å². The molecule has 1 aromatic heterocycles. The van der Waals surface area contributed by atoms with E-state index in [-0.39, 0.29) is 29.6 Å². The van der Waals surface area contributed by atoms with Crippen LogP contribution >= 0.6 is 0 Å². The fourth-order valence-electron chi connectivity index (χ4n) is 6.36. The zero-order valence-corrected chi connectivity index (χ0v) is 22.2. The van der Waals surface area contributed by atoms with Crippen LogP contribution in [0.25, 0.3) is 0 Å².